The van der Waals surface area contributed by atoms with Crippen LogP contribution >= 0.6 is 0 Å². The van der Waals surface area contributed by atoms with Crippen molar-refractivity contribution in [2.75, 3.05) is 39.4 Å². The van der Waals surface area contributed by atoms with Gasteiger partial charge in [-0.25, -0.2) is 0 Å². The maximum absolute atomic E-state index is 5.70. The average molecular weight is 268 g/mol. The molecule has 2 rings (SSSR count). The van der Waals surface area contributed by atoms with E-state index in [1.165, 1.54) is 32.5 Å². The summed E-state index contributed by atoms with van der Waals surface area (Å²) in [7, 11) is 0. The van der Waals surface area contributed by atoms with Crippen LogP contribution in [0.25, 0.3) is 0 Å². The Kier molecular flexibility index (Phi) is 5.27. The van der Waals surface area contributed by atoms with Crippen molar-refractivity contribution in [2.24, 2.45) is 17.3 Å². The predicted octanol–water partition coefficient (Wildman–Crippen LogP) is 2.37. The molecule has 0 aromatic heterocycles. The number of rotatable bonds is 4. The Morgan fingerprint density at radius 3 is 2.68 bits per heavy atom. The molecule has 0 aliphatic carbocycles. The normalized spacial score (nSPS) is 33.8. The molecular formula is C16H32N2O. The molecule has 19 heavy (non-hydrogen) atoms. The summed E-state index contributed by atoms with van der Waals surface area (Å²) in [5.74, 6) is 1.53. The number of hydrogen-bond donors (Lipinski definition) is 1. The van der Waals surface area contributed by atoms with Gasteiger partial charge in [0.2, 0.25) is 0 Å². The molecule has 2 saturated heterocycles. The van der Waals surface area contributed by atoms with E-state index in [1.807, 2.05) is 0 Å². The van der Waals surface area contributed by atoms with E-state index in [2.05, 4.69) is 37.9 Å². The third-order valence-electron chi connectivity index (χ3n) is 4.93. The van der Waals surface area contributed by atoms with Gasteiger partial charge in [-0.3, -0.25) is 0 Å². The molecule has 3 unspecified atom stereocenters. The minimum Gasteiger partial charge on any atom is -0.381 e. The molecule has 0 aromatic carbocycles. The van der Waals surface area contributed by atoms with Crippen LogP contribution in [-0.4, -0.2) is 50.3 Å². The minimum absolute atomic E-state index is 0.457. The van der Waals surface area contributed by atoms with E-state index >= 15 is 0 Å². The van der Waals surface area contributed by atoms with E-state index in [4.69, 9.17) is 4.74 Å². The zero-order valence-corrected chi connectivity index (χ0v) is 13.2. The summed E-state index contributed by atoms with van der Waals surface area (Å²) < 4.78 is 5.70. The molecule has 0 spiro atoms. The minimum atomic E-state index is 0.457. The van der Waals surface area contributed by atoms with Gasteiger partial charge in [-0.05, 0) is 37.3 Å². The summed E-state index contributed by atoms with van der Waals surface area (Å²) in [6, 6.07) is 0.660. The summed E-state index contributed by atoms with van der Waals surface area (Å²) in [5.41, 5.74) is 0.457. The zero-order chi connectivity index (χ0) is 13.9. The SMILES string of the molecule is CCNC1CCOCC1CN1CCC(C(C)(C)C)C1. The monoisotopic (exact) mass is 268 g/mol. The second kappa shape index (κ2) is 6.55. The van der Waals surface area contributed by atoms with Crippen molar-refractivity contribution in [1.82, 2.24) is 10.2 Å². The molecule has 1 N–H and O–H groups in total. The van der Waals surface area contributed by atoms with Crippen molar-refractivity contribution in [3.05, 3.63) is 0 Å². The predicted molar refractivity (Wildman–Crippen MR) is 80.4 cm³/mol. The number of nitrogens with one attached hydrogen (secondary N) is 1. The van der Waals surface area contributed by atoms with Crippen molar-refractivity contribution >= 4 is 0 Å². The largest absolute Gasteiger partial charge is 0.381 e. The van der Waals surface area contributed by atoms with Crippen molar-refractivity contribution in [1.29, 1.82) is 0 Å². The molecule has 2 aliphatic rings. The Balaban J connectivity index is 1.83. The second-order valence-electron chi connectivity index (χ2n) is 7.40. The van der Waals surface area contributed by atoms with E-state index in [1.54, 1.807) is 0 Å². The van der Waals surface area contributed by atoms with Crippen LogP contribution in [0.2, 0.25) is 0 Å². The second-order valence-corrected chi connectivity index (χ2v) is 7.40. The van der Waals surface area contributed by atoms with Crippen LogP contribution in [0.1, 0.15) is 40.5 Å². The topological polar surface area (TPSA) is 24.5 Å². The van der Waals surface area contributed by atoms with Gasteiger partial charge in [-0.2, -0.15) is 0 Å². The summed E-state index contributed by atoms with van der Waals surface area (Å²) >= 11 is 0. The molecule has 112 valence electrons. The fourth-order valence-corrected chi connectivity index (χ4v) is 3.54. The molecule has 2 aliphatic heterocycles. The van der Waals surface area contributed by atoms with Crippen LogP contribution in [0, 0.1) is 17.3 Å². The maximum Gasteiger partial charge on any atom is 0.0521 e. The van der Waals surface area contributed by atoms with Crippen LogP contribution in [0.3, 0.4) is 0 Å². The number of ether oxygens (including phenoxy) is 1. The third-order valence-corrected chi connectivity index (χ3v) is 4.93. The Hall–Kier alpha value is -0.120. The average Bonchev–Trinajstić information content (AvgIpc) is 2.80. The molecule has 2 heterocycles. The lowest BCUT2D eigenvalue weighted by atomic mass is 9.80. The van der Waals surface area contributed by atoms with Crippen molar-refractivity contribution in [3.8, 4) is 0 Å². The van der Waals surface area contributed by atoms with Gasteiger partial charge in [-0.1, -0.05) is 27.7 Å². The van der Waals surface area contributed by atoms with Gasteiger partial charge in [0.05, 0.1) is 6.61 Å². The molecule has 2 fully saturated rings. The zero-order valence-electron chi connectivity index (χ0n) is 13.2. The Morgan fingerprint density at radius 1 is 1.26 bits per heavy atom. The Bertz CT molecular complexity index is 272. The third kappa shape index (κ3) is 4.17. The number of likely N-dealkylation sites (tertiary alicyclic amines) is 1. The first-order valence-corrected chi connectivity index (χ1v) is 8.04. The van der Waals surface area contributed by atoms with Crippen LogP contribution in [-0.2, 0) is 4.74 Å². The smallest absolute Gasteiger partial charge is 0.0521 e. The summed E-state index contributed by atoms with van der Waals surface area (Å²) in [5, 5.41) is 3.64. The van der Waals surface area contributed by atoms with Gasteiger partial charge in [0, 0.05) is 31.7 Å². The van der Waals surface area contributed by atoms with Crippen molar-refractivity contribution in [3.63, 3.8) is 0 Å². The Labute approximate surface area is 119 Å². The highest BCUT2D eigenvalue weighted by atomic mass is 16.5. The summed E-state index contributed by atoms with van der Waals surface area (Å²) in [6.07, 6.45) is 2.54. The molecule has 0 radical (unpaired) electrons. The highest BCUT2D eigenvalue weighted by Crippen LogP contribution is 2.34. The van der Waals surface area contributed by atoms with Gasteiger partial charge in [-0.15, -0.1) is 0 Å². The van der Waals surface area contributed by atoms with Crippen molar-refractivity contribution in [2.45, 2.75) is 46.6 Å². The number of hydrogen-bond acceptors (Lipinski definition) is 3. The van der Waals surface area contributed by atoms with Crippen LogP contribution < -0.4 is 5.32 Å². The van der Waals surface area contributed by atoms with E-state index in [0.717, 1.165) is 25.7 Å². The van der Waals surface area contributed by atoms with Crippen molar-refractivity contribution < 1.29 is 4.74 Å². The van der Waals surface area contributed by atoms with Gasteiger partial charge >= 0.3 is 0 Å². The molecule has 0 bridgehead atoms. The molecular weight excluding hydrogens is 236 g/mol. The van der Waals surface area contributed by atoms with Gasteiger partial charge in [0.25, 0.3) is 0 Å². The molecule has 3 heteroatoms. The van der Waals surface area contributed by atoms with Gasteiger partial charge < -0.3 is 15.0 Å². The molecule has 3 nitrogen and oxygen atoms in total. The van der Waals surface area contributed by atoms with E-state index < -0.39 is 0 Å². The quantitative estimate of drug-likeness (QED) is 0.847. The first-order chi connectivity index (χ1) is 9.00. The number of nitrogens with zero attached hydrogens (tertiary/aromatic N) is 1. The highest BCUT2D eigenvalue weighted by Gasteiger charge is 2.34. The van der Waals surface area contributed by atoms with Gasteiger partial charge in [0.15, 0.2) is 0 Å². The first kappa shape index (κ1) is 15.3. The molecule has 3 atom stereocenters. The van der Waals surface area contributed by atoms with Crippen LogP contribution in [0.4, 0.5) is 0 Å². The van der Waals surface area contributed by atoms with E-state index in [9.17, 15) is 0 Å². The molecule has 0 amide bonds. The molecule has 0 aromatic rings. The fourth-order valence-electron chi connectivity index (χ4n) is 3.54. The maximum atomic E-state index is 5.70. The summed E-state index contributed by atoms with van der Waals surface area (Å²) in [6.45, 7) is 16.1. The van der Waals surface area contributed by atoms with E-state index in [0.29, 0.717) is 17.4 Å². The standard InChI is InChI=1S/C16H32N2O/c1-5-17-15-7-9-19-12-13(15)10-18-8-6-14(11-18)16(2,3)4/h13-15,17H,5-12H2,1-4H3. The summed E-state index contributed by atoms with van der Waals surface area (Å²) in [4.78, 5) is 2.67. The highest BCUT2D eigenvalue weighted by molar-refractivity contribution is 4.88. The van der Waals surface area contributed by atoms with Gasteiger partial charge in [0.1, 0.15) is 0 Å². The lowest BCUT2D eigenvalue weighted by Crippen LogP contribution is -2.47. The Morgan fingerprint density at radius 2 is 2.05 bits per heavy atom. The lowest BCUT2D eigenvalue weighted by Gasteiger charge is -2.35. The first-order valence-electron chi connectivity index (χ1n) is 8.04. The van der Waals surface area contributed by atoms with E-state index in [-0.39, 0.29) is 0 Å². The lowest BCUT2D eigenvalue weighted by molar-refractivity contribution is 0.0188. The van der Waals surface area contributed by atoms with Crippen LogP contribution in [0.15, 0.2) is 0 Å². The fraction of sp³-hybridized carbons (Fsp3) is 1.00. The molecule has 0 saturated carbocycles. The van der Waals surface area contributed by atoms with Crippen LogP contribution in [0.5, 0.6) is 0 Å².